The lowest BCUT2D eigenvalue weighted by molar-refractivity contribution is -0.139. The molecule has 1 aromatic heterocycles. The molecule has 1 amide bonds. The number of likely N-dealkylation sites (tertiary alicyclic amines) is 1. The molecule has 30 heavy (non-hydrogen) atoms. The van der Waals surface area contributed by atoms with Crippen LogP contribution in [0.15, 0.2) is 52.0 Å². The van der Waals surface area contributed by atoms with Crippen LogP contribution in [0, 0.1) is 0 Å². The van der Waals surface area contributed by atoms with E-state index in [1.165, 1.54) is 30.5 Å². The lowest BCUT2D eigenvalue weighted by Crippen LogP contribution is -2.40. The number of sulfonamides is 1. The van der Waals surface area contributed by atoms with Crippen molar-refractivity contribution in [3.63, 3.8) is 0 Å². The van der Waals surface area contributed by atoms with Gasteiger partial charge in [0.15, 0.2) is 6.10 Å². The van der Waals surface area contributed by atoms with Crippen molar-refractivity contribution >= 4 is 21.9 Å². The number of amides is 1. The summed E-state index contributed by atoms with van der Waals surface area (Å²) in [5.74, 6) is -0.383. The summed E-state index contributed by atoms with van der Waals surface area (Å²) < 4.78 is 37.6. The van der Waals surface area contributed by atoms with E-state index in [2.05, 4.69) is 4.72 Å². The van der Waals surface area contributed by atoms with Gasteiger partial charge in [-0.1, -0.05) is 12.8 Å². The quantitative estimate of drug-likeness (QED) is 0.672. The Morgan fingerprint density at radius 3 is 2.37 bits per heavy atom. The molecule has 1 unspecified atom stereocenters. The smallest absolute Gasteiger partial charge is 0.338 e. The summed E-state index contributed by atoms with van der Waals surface area (Å²) in [4.78, 5) is 26.7. The van der Waals surface area contributed by atoms with Gasteiger partial charge in [0.05, 0.1) is 23.3 Å². The summed E-state index contributed by atoms with van der Waals surface area (Å²) in [5.41, 5.74) is 0.176. The summed E-state index contributed by atoms with van der Waals surface area (Å²) in [7, 11) is -3.76. The third-order valence-corrected chi connectivity index (χ3v) is 6.38. The Kier molecular flexibility index (Phi) is 7.28. The molecule has 1 aliphatic rings. The van der Waals surface area contributed by atoms with E-state index in [1.807, 2.05) is 0 Å². The van der Waals surface area contributed by atoms with Crippen molar-refractivity contribution in [2.45, 2.75) is 50.2 Å². The summed E-state index contributed by atoms with van der Waals surface area (Å²) in [6, 6.07) is 8.71. The van der Waals surface area contributed by atoms with Crippen LogP contribution in [-0.2, 0) is 26.1 Å². The number of carbonyl (C=O) groups is 2. The van der Waals surface area contributed by atoms with Crippen LogP contribution < -0.4 is 4.72 Å². The van der Waals surface area contributed by atoms with Crippen molar-refractivity contribution in [2.24, 2.45) is 0 Å². The van der Waals surface area contributed by atoms with E-state index in [0.717, 1.165) is 25.7 Å². The number of nitrogens with one attached hydrogen (secondary N) is 1. The van der Waals surface area contributed by atoms with Gasteiger partial charge < -0.3 is 14.1 Å². The van der Waals surface area contributed by atoms with Crippen molar-refractivity contribution in [2.75, 3.05) is 13.1 Å². The molecule has 0 saturated carbocycles. The van der Waals surface area contributed by atoms with Gasteiger partial charge in [-0.05, 0) is 56.2 Å². The molecule has 2 aromatic rings. The predicted octanol–water partition coefficient (Wildman–Crippen LogP) is 2.71. The summed E-state index contributed by atoms with van der Waals surface area (Å²) in [5, 5.41) is 0. The first-order valence-electron chi connectivity index (χ1n) is 9.99. The van der Waals surface area contributed by atoms with Gasteiger partial charge in [-0.15, -0.1) is 0 Å². The Balaban J connectivity index is 1.58. The van der Waals surface area contributed by atoms with Crippen molar-refractivity contribution in [1.29, 1.82) is 0 Å². The first-order valence-corrected chi connectivity index (χ1v) is 11.5. The molecule has 1 saturated heterocycles. The Bertz CT molecular complexity index is 946. The minimum absolute atomic E-state index is 0.0132. The molecule has 0 bridgehead atoms. The molecule has 1 aliphatic heterocycles. The standard InChI is InChI=1S/C21H26N2O6S/c1-16(20(24)23-12-4-2-3-5-13-23)29-21(25)17-8-10-19(11-9-17)30(26,27)22-15-18-7-6-14-28-18/h6-11,14,16,22H,2-5,12-13,15H2,1H3. The Labute approximate surface area is 176 Å². The fourth-order valence-corrected chi connectivity index (χ4v) is 4.25. The zero-order valence-corrected chi connectivity index (χ0v) is 17.7. The average Bonchev–Trinajstić information content (AvgIpc) is 3.12. The molecule has 0 spiro atoms. The monoisotopic (exact) mass is 434 g/mol. The Morgan fingerprint density at radius 2 is 1.77 bits per heavy atom. The van der Waals surface area contributed by atoms with Gasteiger partial charge in [0.2, 0.25) is 10.0 Å². The summed E-state index contributed by atoms with van der Waals surface area (Å²) in [6.45, 7) is 2.94. The second-order valence-corrected chi connectivity index (χ2v) is 8.98. The number of esters is 1. The topological polar surface area (TPSA) is 106 Å². The zero-order chi connectivity index (χ0) is 21.6. The average molecular weight is 435 g/mol. The van der Waals surface area contributed by atoms with Gasteiger partial charge in [-0.2, -0.15) is 0 Å². The number of furan rings is 1. The van der Waals surface area contributed by atoms with Crippen molar-refractivity contribution in [3.8, 4) is 0 Å². The Hall–Kier alpha value is -2.65. The highest BCUT2D eigenvalue weighted by Gasteiger charge is 2.25. The maximum absolute atomic E-state index is 12.5. The third kappa shape index (κ3) is 5.70. The minimum Gasteiger partial charge on any atom is -0.468 e. The molecule has 2 heterocycles. The van der Waals surface area contributed by atoms with Crippen LogP contribution in [0.1, 0.15) is 48.7 Å². The maximum atomic E-state index is 12.5. The highest BCUT2D eigenvalue weighted by atomic mass is 32.2. The van der Waals surface area contributed by atoms with Crippen LogP contribution in [-0.4, -0.2) is 44.4 Å². The van der Waals surface area contributed by atoms with Crippen LogP contribution in [0.4, 0.5) is 0 Å². The van der Waals surface area contributed by atoms with E-state index in [-0.39, 0.29) is 22.9 Å². The molecule has 8 nitrogen and oxygen atoms in total. The normalized spacial score (nSPS) is 16.0. The molecule has 1 fully saturated rings. The van der Waals surface area contributed by atoms with E-state index >= 15 is 0 Å². The van der Waals surface area contributed by atoms with Crippen LogP contribution in [0.2, 0.25) is 0 Å². The molecular formula is C21H26N2O6S. The summed E-state index contributed by atoms with van der Waals surface area (Å²) >= 11 is 0. The van der Waals surface area contributed by atoms with Gasteiger partial charge in [0, 0.05) is 13.1 Å². The number of benzene rings is 1. The number of rotatable bonds is 7. The minimum atomic E-state index is -3.76. The third-order valence-electron chi connectivity index (χ3n) is 4.97. The van der Waals surface area contributed by atoms with E-state index in [1.54, 1.807) is 24.0 Å². The van der Waals surface area contributed by atoms with Gasteiger partial charge in [-0.3, -0.25) is 4.79 Å². The van der Waals surface area contributed by atoms with E-state index in [0.29, 0.717) is 18.8 Å². The van der Waals surface area contributed by atoms with E-state index in [9.17, 15) is 18.0 Å². The van der Waals surface area contributed by atoms with Crippen LogP contribution >= 0.6 is 0 Å². The van der Waals surface area contributed by atoms with Crippen LogP contribution in [0.5, 0.6) is 0 Å². The molecule has 0 radical (unpaired) electrons. The zero-order valence-electron chi connectivity index (χ0n) is 16.9. The lowest BCUT2D eigenvalue weighted by atomic mass is 10.2. The van der Waals surface area contributed by atoms with Crippen molar-refractivity contribution in [3.05, 3.63) is 54.0 Å². The molecule has 162 valence electrons. The molecule has 0 aliphatic carbocycles. The first kappa shape index (κ1) is 22.0. The largest absolute Gasteiger partial charge is 0.468 e. The van der Waals surface area contributed by atoms with Crippen molar-refractivity contribution < 1.29 is 27.2 Å². The fraction of sp³-hybridized carbons (Fsp3) is 0.429. The van der Waals surface area contributed by atoms with Gasteiger partial charge >= 0.3 is 5.97 Å². The van der Waals surface area contributed by atoms with Crippen LogP contribution in [0.3, 0.4) is 0 Å². The number of carbonyl (C=O) groups excluding carboxylic acids is 2. The SMILES string of the molecule is CC(OC(=O)c1ccc(S(=O)(=O)NCc2ccco2)cc1)C(=O)N1CCCCCC1. The fourth-order valence-electron chi connectivity index (χ4n) is 3.26. The number of hydrogen-bond acceptors (Lipinski definition) is 6. The van der Waals surface area contributed by atoms with Gasteiger partial charge in [0.25, 0.3) is 5.91 Å². The Morgan fingerprint density at radius 1 is 1.10 bits per heavy atom. The molecule has 1 aromatic carbocycles. The predicted molar refractivity (Wildman–Crippen MR) is 109 cm³/mol. The van der Waals surface area contributed by atoms with Gasteiger partial charge in [-0.25, -0.2) is 17.9 Å². The molecule has 9 heteroatoms. The van der Waals surface area contributed by atoms with Crippen LogP contribution in [0.25, 0.3) is 0 Å². The second kappa shape index (κ2) is 9.90. The van der Waals surface area contributed by atoms with Crippen molar-refractivity contribution in [1.82, 2.24) is 9.62 Å². The second-order valence-electron chi connectivity index (χ2n) is 7.22. The van der Waals surface area contributed by atoms with E-state index in [4.69, 9.17) is 9.15 Å². The molecular weight excluding hydrogens is 408 g/mol. The first-order chi connectivity index (χ1) is 14.4. The molecule has 3 rings (SSSR count). The lowest BCUT2D eigenvalue weighted by Gasteiger charge is -2.24. The van der Waals surface area contributed by atoms with E-state index < -0.39 is 22.1 Å². The highest BCUT2D eigenvalue weighted by Crippen LogP contribution is 2.15. The molecule has 1 atom stereocenters. The maximum Gasteiger partial charge on any atom is 0.338 e. The highest BCUT2D eigenvalue weighted by molar-refractivity contribution is 7.89. The number of hydrogen-bond donors (Lipinski definition) is 1. The molecule has 1 N–H and O–H groups in total. The van der Waals surface area contributed by atoms with Gasteiger partial charge in [0.1, 0.15) is 5.76 Å². The summed E-state index contributed by atoms with van der Waals surface area (Å²) in [6.07, 6.45) is 4.68. The number of ether oxygens (including phenoxy) is 1. The number of nitrogens with zero attached hydrogens (tertiary/aromatic N) is 1.